The zero-order valence-electron chi connectivity index (χ0n) is 9.72. The van der Waals surface area contributed by atoms with Crippen molar-refractivity contribution in [1.82, 2.24) is 0 Å². The van der Waals surface area contributed by atoms with E-state index in [9.17, 15) is 0 Å². The first-order valence-corrected chi connectivity index (χ1v) is 5.85. The lowest BCUT2D eigenvalue weighted by molar-refractivity contribution is 0.357. The van der Waals surface area contributed by atoms with Crippen molar-refractivity contribution in [3.05, 3.63) is 29.8 Å². The van der Waals surface area contributed by atoms with Gasteiger partial charge in [0.25, 0.3) is 0 Å². The van der Waals surface area contributed by atoms with E-state index in [2.05, 4.69) is 43.0 Å². The molecule has 2 saturated heterocycles. The average Bonchev–Trinajstić information content (AvgIpc) is 3.14. The van der Waals surface area contributed by atoms with Gasteiger partial charge in [0, 0.05) is 12.2 Å². The minimum atomic E-state index is 0.241. The molecule has 0 bridgehead atoms. The van der Waals surface area contributed by atoms with Crippen LogP contribution in [-0.4, -0.2) is 31.6 Å². The fourth-order valence-electron chi connectivity index (χ4n) is 2.12. The van der Waals surface area contributed by atoms with Gasteiger partial charge in [0.05, 0.1) is 12.7 Å². The van der Waals surface area contributed by atoms with E-state index in [0.29, 0.717) is 12.2 Å². The highest BCUT2D eigenvalue weighted by Gasteiger charge is 2.42. The van der Waals surface area contributed by atoms with Crippen LogP contribution >= 0.6 is 0 Å². The Labute approximate surface area is 96.0 Å². The van der Waals surface area contributed by atoms with Crippen molar-refractivity contribution in [2.24, 2.45) is 0 Å². The molecule has 0 amide bonds. The maximum absolute atomic E-state index is 5.59. The molecule has 3 unspecified atom stereocenters. The van der Waals surface area contributed by atoms with Gasteiger partial charge in [0.2, 0.25) is 0 Å². The number of hydrogen-bond acceptors (Lipinski definition) is 3. The predicted octanol–water partition coefficient (Wildman–Crippen LogP) is 1.95. The van der Waals surface area contributed by atoms with Gasteiger partial charge in [0.1, 0.15) is 6.10 Å². The molecule has 86 valence electrons. The van der Waals surface area contributed by atoms with Crippen molar-refractivity contribution in [3.63, 3.8) is 0 Å². The third kappa shape index (κ3) is 1.93. The number of aryl methyl sites for hydroxylation is 1. The lowest BCUT2D eigenvalue weighted by Gasteiger charge is -2.23. The zero-order chi connectivity index (χ0) is 11.1. The van der Waals surface area contributed by atoms with Crippen molar-refractivity contribution >= 4 is 5.69 Å². The lowest BCUT2D eigenvalue weighted by atomic mass is 10.1. The number of epoxide rings is 2. The summed E-state index contributed by atoms with van der Waals surface area (Å²) in [5.41, 5.74) is 2.57. The molecule has 3 rings (SSSR count). The van der Waals surface area contributed by atoms with E-state index in [-0.39, 0.29) is 6.23 Å². The topological polar surface area (TPSA) is 28.3 Å². The Morgan fingerprint density at radius 1 is 1.38 bits per heavy atom. The predicted molar refractivity (Wildman–Crippen MR) is 62.6 cm³/mol. The first-order valence-electron chi connectivity index (χ1n) is 5.85. The van der Waals surface area contributed by atoms with Gasteiger partial charge in [-0.3, -0.25) is 0 Å². The molecular weight excluding hydrogens is 202 g/mol. The van der Waals surface area contributed by atoms with E-state index in [0.717, 1.165) is 13.2 Å². The standard InChI is InChI=1S/C13H17NO2/c1-9-5-3-4-6-12(9)14(7-11-8-15-11)13-10(2)16-13/h3-6,10-11,13H,7-8H2,1-2H3. The van der Waals surface area contributed by atoms with Crippen LogP contribution in [-0.2, 0) is 9.47 Å². The minimum absolute atomic E-state index is 0.241. The van der Waals surface area contributed by atoms with Crippen molar-refractivity contribution in [2.75, 3.05) is 18.1 Å². The zero-order valence-corrected chi connectivity index (χ0v) is 9.72. The second-order valence-electron chi connectivity index (χ2n) is 4.63. The van der Waals surface area contributed by atoms with Gasteiger partial charge in [-0.15, -0.1) is 0 Å². The Bertz CT molecular complexity index is 389. The van der Waals surface area contributed by atoms with Crippen LogP contribution in [0.1, 0.15) is 12.5 Å². The number of anilines is 1. The normalized spacial score (nSPS) is 31.2. The molecule has 0 radical (unpaired) electrons. The Hall–Kier alpha value is -1.06. The van der Waals surface area contributed by atoms with Gasteiger partial charge in [0.15, 0.2) is 6.23 Å². The molecule has 3 atom stereocenters. The van der Waals surface area contributed by atoms with Gasteiger partial charge >= 0.3 is 0 Å². The lowest BCUT2D eigenvalue weighted by Crippen LogP contribution is -2.32. The van der Waals surface area contributed by atoms with Crippen LogP contribution in [0.15, 0.2) is 24.3 Å². The number of ether oxygens (including phenoxy) is 2. The molecule has 1 aromatic carbocycles. The highest BCUT2D eigenvalue weighted by Crippen LogP contribution is 2.33. The fourth-order valence-corrected chi connectivity index (χ4v) is 2.12. The van der Waals surface area contributed by atoms with E-state index >= 15 is 0 Å². The summed E-state index contributed by atoms with van der Waals surface area (Å²) in [5.74, 6) is 0. The number of rotatable bonds is 4. The summed E-state index contributed by atoms with van der Waals surface area (Å²) in [5, 5.41) is 0. The van der Waals surface area contributed by atoms with Gasteiger partial charge in [-0.05, 0) is 25.5 Å². The number of benzene rings is 1. The van der Waals surface area contributed by atoms with Gasteiger partial charge in [-0.2, -0.15) is 0 Å². The Morgan fingerprint density at radius 3 is 2.62 bits per heavy atom. The van der Waals surface area contributed by atoms with Crippen LogP contribution in [0.5, 0.6) is 0 Å². The molecular formula is C13H17NO2. The largest absolute Gasteiger partial charge is 0.371 e. The molecule has 0 aromatic heterocycles. The first-order chi connectivity index (χ1) is 7.75. The molecule has 2 fully saturated rings. The molecule has 16 heavy (non-hydrogen) atoms. The molecule has 0 aliphatic carbocycles. The molecule has 1 aromatic rings. The second kappa shape index (κ2) is 3.75. The second-order valence-corrected chi connectivity index (χ2v) is 4.63. The van der Waals surface area contributed by atoms with Crippen molar-refractivity contribution in [2.45, 2.75) is 32.3 Å². The highest BCUT2D eigenvalue weighted by atomic mass is 16.6. The number of para-hydroxylation sites is 1. The maximum atomic E-state index is 5.59. The minimum Gasteiger partial charge on any atom is -0.371 e. The summed E-state index contributed by atoms with van der Waals surface area (Å²) < 4.78 is 10.9. The quantitative estimate of drug-likeness (QED) is 0.724. The first kappa shape index (κ1) is 10.1. The maximum Gasteiger partial charge on any atom is 0.157 e. The number of hydrogen-bond donors (Lipinski definition) is 0. The molecule has 0 saturated carbocycles. The summed E-state index contributed by atoms with van der Waals surface area (Å²) >= 11 is 0. The molecule has 0 spiro atoms. The van der Waals surface area contributed by atoms with E-state index in [4.69, 9.17) is 9.47 Å². The van der Waals surface area contributed by atoms with Crippen molar-refractivity contribution in [1.29, 1.82) is 0 Å². The smallest absolute Gasteiger partial charge is 0.157 e. The fraction of sp³-hybridized carbons (Fsp3) is 0.538. The molecule has 2 aliphatic rings. The van der Waals surface area contributed by atoms with Crippen LogP contribution in [0.25, 0.3) is 0 Å². The molecule has 0 N–H and O–H groups in total. The van der Waals surface area contributed by atoms with E-state index in [1.54, 1.807) is 0 Å². The Morgan fingerprint density at radius 2 is 2.06 bits per heavy atom. The van der Waals surface area contributed by atoms with Crippen LogP contribution in [0.4, 0.5) is 5.69 Å². The van der Waals surface area contributed by atoms with E-state index in [1.165, 1.54) is 11.3 Å². The van der Waals surface area contributed by atoms with Crippen molar-refractivity contribution in [3.8, 4) is 0 Å². The molecule has 2 heterocycles. The van der Waals surface area contributed by atoms with Gasteiger partial charge < -0.3 is 14.4 Å². The summed E-state index contributed by atoms with van der Waals surface area (Å²) in [6.45, 7) is 6.09. The molecule has 3 heteroatoms. The Balaban J connectivity index is 1.83. The van der Waals surface area contributed by atoms with Gasteiger partial charge in [-0.25, -0.2) is 0 Å². The van der Waals surface area contributed by atoms with Crippen LogP contribution < -0.4 is 4.90 Å². The summed E-state index contributed by atoms with van der Waals surface area (Å²) in [6.07, 6.45) is 0.986. The molecule has 3 nitrogen and oxygen atoms in total. The number of nitrogens with zero attached hydrogens (tertiary/aromatic N) is 1. The van der Waals surface area contributed by atoms with Crippen LogP contribution in [0, 0.1) is 6.92 Å². The van der Waals surface area contributed by atoms with E-state index < -0.39 is 0 Å². The third-order valence-corrected chi connectivity index (χ3v) is 3.21. The van der Waals surface area contributed by atoms with Crippen molar-refractivity contribution < 1.29 is 9.47 Å². The Kier molecular flexibility index (Phi) is 2.37. The highest BCUT2D eigenvalue weighted by molar-refractivity contribution is 5.54. The van der Waals surface area contributed by atoms with Gasteiger partial charge in [-0.1, -0.05) is 18.2 Å². The monoisotopic (exact) mass is 219 g/mol. The summed E-state index contributed by atoms with van der Waals surface area (Å²) in [7, 11) is 0. The summed E-state index contributed by atoms with van der Waals surface area (Å²) in [6, 6.07) is 8.45. The molecule has 2 aliphatic heterocycles. The average molecular weight is 219 g/mol. The SMILES string of the molecule is Cc1ccccc1N(CC1CO1)C1OC1C. The third-order valence-electron chi connectivity index (χ3n) is 3.21. The van der Waals surface area contributed by atoms with E-state index in [1.807, 2.05) is 0 Å². The van der Waals surface area contributed by atoms with Crippen LogP contribution in [0.2, 0.25) is 0 Å². The summed E-state index contributed by atoms with van der Waals surface area (Å²) in [4.78, 5) is 2.33. The van der Waals surface area contributed by atoms with Crippen LogP contribution in [0.3, 0.4) is 0 Å².